The van der Waals surface area contributed by atoms with E-state index in [0.29, 0.717) is 84.2 Å². The molecule has 1 spiro atoms. The van der Waals surface area contributed by atoms with E-state index in [2.05, 4.69) is 27.7 Å². The maximum atomic E-state index is 14.6. The van der Waals surface area contributed by atoms with Gasteiger partial charge in [-0.15, -0.1) is 0 Å². The van der Waals surface area contributed by atoms with Gasteiger partial charge in [0.1, 0.15) is 18.3 Å². The summed E-state index contributed by atoms with van der Waals surface area (Å²) >= 11 is 0. The molecule has 8 rings (SSSR count). The van der Waals surface area contributed by atoms with Crippen molar-refractivity contribution in [2.24, 2.45) is 52.3 Å². The number of carbonyl (C=O) groups excluding carboxylic acids is 7. The fourth-order valence-electron chi connectivity index (χ4n) is 17.0. The van der Waals surface area contributed by atoms with Crippen LogP contribution in [0.15, 0.2) is 0 Å². The minimum Gasteiger partial charge on any atom is -0.394 e. The number of ether oxygens (including phenoxy) is 6. The van der Waals surface area contributed by atoms with E-state index in [0.717, 1.165) is 51.9 Å². The van der Waals surface area contributed by atoms with Crippen LogP contribution in [0.1, 0.15) is 140 Å². The third-order valence-electron chi connectivity index (χ3n) is 20.8. The van der Waals surface area contributed by atoms with Crippen LogP contribution in [0.2, 0.25) is 0 Å². The molecule has 410 valence electrons. The van der Waals surface area contributed by atoms with Gasteiger partial charge in [-0.2, -0.15) is 0 Å². The molecule has 4 saturated heterocycles. The molecule has 4 aliphatic heterocycles. The molecule has 22 atom stereocenters. The van der Waals surface area contributed by atoms with E-state index in [1.165, 1.54) is 0 Å². The predicted octanol–water partition coefficient (Wildman–Crippen LogP) is 1.16. The average Bonchev–Trinajstić information content (AvgIpc) is 3.77. The van der Waals surface area contributed by atoms with Crippen LogP contribution in [0.25, 0.3) is 0 Å². The molecule has 20 heteroatoms. The summed E-state index contributed by atoms with van der Waals surface area (Å²) in [6.45, 7) is 11.2. The van der Waals surface area contributed by atoms with E-state index in [4.69, 9.17) is 28.4 Å². The standard InChI is InChI=1S/C53H78O20/c1-25-14-19-46(68-24-25)26(2)42-39(70-46)21-38-36-13-12-34-20-35(15-17-44(34,10)37(36)16-18-45(38,42)11)69-52(32(8)61)51(67,31(7)60)50(66,30(6)59)48(28(4)57,41(23-55)72-52)73-53(33(9)62)49(65,29(5)58)47(64,27(3)56)43(63)40(22-54)71-53/h25-26,34-43,54-55,63-67H,12-24H2,1-11H3/t25-,26+,34+,35+,36-,37+,38+,39+,40-,41-,42+,43+,44+,45+,46-,47+,48-,49-,50+,51-,52-,53+/m1/s1. The molecule has 4 heterocycles. The number of fused-ring (bicyclic) bond motifs is 7. The van der Waals surface area contributed by atoms with Gasteiger partial charge in [0.15, 0.2) is 57.5 Å². The first kappa shape index (κ1) is 56.4. The van der Waals surface area contributed by atoms with Crippen LogP contribution < -0.4 is 0 Å². The lowest BCUT2D eigenvalue weighted by molar-refractivity contribution is -0.456. The Morgan fingerprint density at radius 3 is 1.71 bits per heavy atom. The fraction of sp³-hybridized carbons (Fsp3) is 0.868. The molecule has 4 saturated carbocycles. The zero-order valence-electron chi connectivity index (χ0n) is 44.1. The van der Waals surface area contributed by atoms with Gasteiger partial charge in [-0.05, 0) is 139 Å². The van der Waals surface area contributed by atoms with E-state index in [-0.39, 0.29) is 41.6 Å². The summed E-state index contributed by atoms with van der Waals surface area (Å²) in [5, 5.41) is 83.9. The summed E-state index contributed by atoms with van der Waals surface area (Å²) in [4.78, 5) is 99.4. The van der Waals surface area contributed by atoms with Crippen molar-refractivity contribution in [3.05, 3.63) is 0 Å². The van der Waals surface area contributed by atoms with Gasteiger partial charge < -0.3 is 64.2 Å². The minimum atomic E-state index is -4.24. The fourth-order valence-corrected chi connectivity index (χ4v) is 17.0. The molecule has 0 amide bonds. The van der Waals surface area contributed by atoms with Gasteiger partial charge in [-0.25, -0.2) is 0 Å². The van der Waals surface area contributed by atoms with Gasteiger partial charge in [0.25, 0.3) is 11.6 Å². The van der Waals surface area contributed by atoms with E-state index in [1.54, 1.807) is 0 Å². The predicted molar refractivity (Wildman–Crippen MR) is 250 cm³/mol. The second kappa shape index (κ2) is 18.1. The van der Waals surface area contributed by atoms with Crippen molar-refractivity contribution in [1.82, 2.24) is 0 Å². The first-order valence-electron chi connectivity index (χ1n) is 26.2. The average molecular weight is 1040 g/mol. The van der Waals surface area contributed by atoms with Crippen LogP contribution in [-0.2, 0) is 62.0 Å². The van der Waals surface area contributed by atoms with Crippen LogP contribution in [0, 0.1) is 52.3 Å². The van der Waals surface area contributed by atoms with Crippen molar-refractivity contribution in [3.63, 3.8) is 0 Å². The Balaban J connectivity index is 1.16. The van der Waals surface area contributed by atoms with Gasteiger partial charge in [-0.3, -0.25) is 33.6 Å². The third kappa shape index (κ3) is 6.87. The number of Topliss-reactive ketones (excluding diaryl/α,β-unsaturated/α-hetero) is 7. The van der Waals surface area contributed by atoms with Gasteiger partial charge in [0.2, 0.25) is 16.8 Å². The minimum absolute atomic E-state index is 0.0372. The van der Waals surface area contributed by atoms with Gasteiger partial charge in [0.05, 0.1) is 32.0 Å². The lowest BCUT2D eigenvalue weighted by Crippen LogP contribution is -2.94. The van der Waals surface area contributed by atoms with Crippen molar-refractivity contribution in [2.45, 2.75) is 216 Å². The van der Waals surface area contributed by atoms with E-state index >= 15 is 0 Å². The molecule has 0 bridgehead atoms. The maximum absolute atomic E-state index is 14.6. The zero-order valence-corrected chi connectivity index (χ0v) is 44.1. The molecule has 0 unspecified atom stereocenters. The Kier molecular flexibility index (Phi) is 14.0. The quantitative estimate of drug-likeness (QED) is 0.127. The number of ketones is 7. The summed E-state index contributed by atoms with van der Waals surface area (Å²) < 4.78 is 38.0. The molecule has 4 aliphatic carbocycles. The highest BCUT2D eigenvalue weighted by atomic mass is 16.8. The SMILES string of the molecule is CC(=O)[C@@]1(O[C@H]2CC[C@@]3(C)[C@@H](CC[C@@H]4[C@@H]3CC[C@]3(C)[C@@H]5[C@H](C[C@@H]43)O[C@]3(CC[C@@H](C)CO3)[C@H]5C)C2)O[C@H](CO)[C@](O[C@]2(C(C)=O)O[C@H](CO)[C@H](O)[C@@](O)(C(C)=O)[C@]2(O)C(C)=O)(C(C)=O)[C@@](O)(C(C)=O)[C@]1(O)C(C)=O. The number of hydrogen-bond acceptors (Lipinski definition) is 20. The van der Waals surface area contributed by atoms with Crippen molar-refractivity contribution in [2.75, 3.05) is 19.8 Å². The third-order valence-corrected chi connectivity index (χ3v) is 20.8. The first-order chi connectivity index (χ1) is 33.8. The lowest BCUT2D eigenvalue weighted by Gasteiger charge is -2.66. The summed E-state index contributed by atoms with van der Waals surface area (Å²) in [7, 11) is 0. The molecule has 7 N–H and O–H groups in total. The summed E-state index contributed by atoms with van der Waals surface area (Å²) in [5.74, 6) is -17.3. The highest BCUT2D eigenvalue weighted by molar-refractivity contribution is 6.10. The van der Waals surface area contributed by atoms with Gasteiger partial charge >= 0.3 is 0 Å². The molecule has 0 aromatic rings. The monoisotopic (exact) mass is 1030 g/mol. The number of aliphatic hydroxyl groups is 7. The van der Waals surface area contributed by atoms with Crippen LogP contribution in [0.5, 0.6) is 0 Å². The Hall–Kier alpha value is -2.83. The number of aliphatic hydroxyl groups excluding tert-OH is 3. The lowest BCUT2D eigenvalue weighted by atomic mass is 9.44. The second-order valence-corrected chi connectivity index (χ2v) is 24.1. The Morgan fingerprint density at radius 2 is 1.21 bits per heavy atom. The maximum Gasteiger partial charge on any atom is 0.271 e. The Morgan fingerprint density at radius 1 is 0.603 bits per heavy atom. The highest BCUT2D eigenvalue weighted by Crippen LogP contribution is 2.72. The number of carbonyl (C=O) groups is 7. The molecule has 0 aromatic heterocycles. The van der Waals surface area contributed by atoms with Gasteiger partial charge in [-0.1, -0.05) is 27.7 Å². The second-order valence-electron chi connectivity index (χ2n) is 24.1. The largest absolute Gasteiger partial charge is 0.394 e. The summed E-state index contributed by atoms with van der Waals surface area (Å²) in [5.41, 5.74) is -20.5. The Bertz CT molecular complexity index is 2310. The van der Waals surface area contributed by atoms with Crippen LogP contribution >= 0.6 is 0 Å². The van der Waals surface area contributed by atoms with E-state index in [9.17, 15) is 69.3 Å². The zero-order chi connectivity index (χ0) is 54.4. The van der Waals surface area contributed by atoms with Gasteiger partial charge in [0, 0.05) is 26.2 Å². The normalized spacial score (nSPS) is 52.3. The molecule has 8 aliphatic rings. The van der Waals surface area contributed by atoms with E-state index < -0.39 is 123 Å². The first-order valence-corrected chi connectivity index (χ1v) is 26.2. The summed E-state index contributed by atoms with van der Waals surface area (Å²) in [6.07, 6.45) is -1.13. The highest BCUT2D eigenvalue weighted by Gasteiger charge is 2.89. The molecular formula is C53H78O20. The molecule has 73 heavy (non-hydrogen) atoms. The van der Waals surface area contributed by atoms with Crippen molar-refractivity contribution >= 4 is 40.5 Å². The molecule has 20 nitrogen and oxygen atoms in total. The van der Waals surface area contributed by atoms with Crippen molar-refractivity contribution in [1.29, 1.82) is 0 Å². The van der Waals surface area contributed by atoms with Crippen molar-refractivity contribution < 1.29 is 97.7 Å². The number of hydrogen-bond donors (Lipinski definition) is 7. The smallest absolute Gasteiger partial charge is 0.271 e. The molecular weight excluding hydrogens is 957 g/mol. The van der Waals surface area contributed by atoms with E-state index in [1.807, 2.05) is 0 Å². The summed E-state index contributed by atoms with van der Waals surface area (Å²) in [6, 6.07) is 0. The Labute approximate surface area is 425 Å². The van der Waals surface area contributed by atoms with Crippen LogP contribution in [0.4, 0.5) is 0 Å². The molecule has 8 fully saturated rings. The number of rotatable bonds is 13. The van der Waals surface area contributed by atoms with Crippen LogP contribution in [-0.4, -0.2) is 172 Å². The van der Waals surface area contributed by atoms with Crippen LogP contribution in [0.3, 0.4) is 0 Å². The molecule has 0 radical (unpaired) electrons. The topological polar surface area (TPSA) is 316 Å². The molecule has 0 aromatic carbocycles. The van der Waals surface area contributed by atoms with Crippen molar-refractivity contribution in [3.8, 4) is 0 Å².